The highest BCUT2D eigenvalue weighted by atomic mass is 19.1. The minimum Gasteiger partial charge on any atom is -0.469 e. The quantitative estimate of drug-likeness (QED) is 0.796. The van der Waals surface area contributed by atoms with Gasteiger partial charge in [-0.25, -0.2) is 4.39 Å². The second kappa shape index (κ2) is 9.98. The molecule has 1 aliphatic rings. The maximum atomic E-state index is 13.5. The van der Waals surface area contributed by atoms with Gasteiger partial charge >= 0.3 is 11.9 Å². The van der Waals surface area contributed by atoms with Crippen LogP contribution in [0.1, 0.15) is 43.7 Å². The molecule has 0 heterocycles. The van der Waals surface area contributed by atoms with Crippen molar-refractivity contribution in [2.45, 2.75) is 45.4 Å². The summed E-state index contributed by atoms with van der Waals surface area (Å²) < 4.78 is 22.3. The number of ether oxygens (including phenoxy) is 2. The summed E-state index contributed by atoms with van der Waals surface area (Å²) in [7, 11) is 2.77. The molecule has 2 rings (SSSR count). The molecule has 0 saturated carbocycles. The summed E-state index contributed by atoms with van der Waals surface area (Å²) in [4.78, 5) is 20.6. The van der Waals surface area contributed by atoms with Gasteiger partial charge in [-0.3, -0.25) is 9.59 Å². The lowest BCUT2D eigenvalue weighted by molar-refractivity contribution is -0.141. The first-order valence-electron chi connectivity index (χ1n) is 7.85. The number of benzene rings is 1. The zero-order chi connectivity index (χ0) is 17.2. The summed E-state index contributed by atoms with van der Waals surface area (Å²) in [6, 6.07) is 5.34. The number of halogens is 1. The SMILES string of the molecule is COC(=O)CCCC1CCc2c(F)cccc2C1.COC(C)=O. The lowest BCUT2D eigenvalue weighted by Gasteiger charge is -2.24. The lowest BCUT2D eigenvalue weighted by Crippen LogP contribution is -2.16. The highest BCUT2D eigenvalue weighted by molar-refractivity contribution is 5.69. The fourth-order valence-electron chi connectivity index (χ4n) is 2.72. The molecule has 0 fully saturated rings. The molecule has 128 valence electrons. The normalized spacial score (nSPS) is 15.7. The highest BCUT2D eigenvalue weighted by Crippen LogP contribution is 2.30. The van der Waals surface area contributed by atoms with E-state index in [-0.39, 0.29) is 17.8 Å². The van der Waals surface area contributed by atoms with E-state index in [1.807, 2.05) is 6.07 Å². The van der Waals surface area contributed by atoms with Crippen LogP contribution in [0.2, 0.25) is 0 Å². The van der Waals surface area contributed by atoms with Gasteiger partial charge in [0.05, 0.1) is 14.2 Å². The summed E-state index contributed by atoms with van der Waals surface area (Å²) in [5, 5.41) is 0. The van der Waals surface area contributed by atoms with E-state index in [4.69, 9.17) is 0 Å². The average molecular weight is 324 g/mol. The van der Waals surface area contributed by atoms with Crippen molar-refractivity contribution in [2.24, 2.45) is 5.92 Å². The first-order valence-corrected chi connectivity index (χ1v) is 7.85. The van der Waals surface area contributed by atoms with Crippen LogP contribution in [0.15, 0.2) is 18.2 Å². The Morgan fingerprint density at radius 3 is 2.57 bits per heavy atom. The van der Waals surface area contributed by atoms with Gasteiger partial charge in [-0.15, -0.1) is 0 Å². The second-order valence-electron chi connectivity index (χ2n) is 5.65. The predicted octanol–water partition coefficient (Wildman–Crippen LogP) is 3.45. The maximum Gasteiger partial charge on any atom is 0.305 e. The molecule has 0 radical (unpaired) electrons. The van der Waals surface area contributed by atoms with Gasteiger partial charge in [-0.05, 0) is 55.2 Å². The zero-order valence-electron chi connectivity index (χ0n) is 14.1. The molecule has 1 aliphatic carbocycles. The molecule has 0 N–H and O–H groups in total. The van der Waals surface area contributed by atoms with Crippen molar-refractivity contribution in [2.75, 3.05) is 14.2 Å². The number of carbonyl (C=O) groups excluding carboxylic acids is 2. The zero-order valence-corrected chi connectivity index (χ0v) is 14.1. The van der Waals surface area contributed by atoms with Crippen molar-refractivity contribution in [1.29, 1.82) is 0 Å². The summed E-state index contributed by atoms with van der Waals surface area (Å²) in [5.74, 6) is 0.117. The van der Waals surface area contributed by atoms with E-state index in [0.717, 1.165) is 43.2 Å². The van der Waals surface area contributed by atoms with E-state index in [0.29, 0.717) is 12.3 Å². The Morgan fingerprint density at radius 1 is 1.26 bits per heavy atom. The highest BCUT2D eigenvalue weighted by Gasteiger charge is 2.20. The minimum atomic E-state index is -0.245. The maximum absolute atomic E-state index is 13.5. The second-order valence-corrected chi connectivity index (χ2v) is 5.65. The van der Waals surface area contributed by atoms with E-state index >= 15 is 0 Å². The Morgan fingerprint density at radius 2 is 1.96 bits per heavy atom. The van der Waals surface area contributed by atoms with Crippen LogP contribution in [0.5, 0.6) is 0 Å². The number of rotatable bonds is 4. The van der Waals surface area contributed by atoms with E-state index < -0.39 is 0 Å². The van der Waals surface area contributed by atoms with Crippen molar-refractivity contribution in [3.63, 3.8) is 0 Å². The molecule has 4 nitrogen and oxygen atoms in total. The van der Waals surface area contributed by atoms with Crippen LogP contribution in [0.3, 0.4) is 0 Å². The predicted molar refractivity (Wildman–Crippen MR) is 85.5 cm³/mol. The fourth-order valence-corrected chi connectivity index (χ4v) is 2.72. The van der Waals surface area contributed by atoms with Crippen LogP contribution in [0.25, 0.3) is 0 Å². The third-order valence-electron chi connectivity index (χ3n) is 4.04. The molecular weight excluding hydrogens is 299 g/mol. The summed E-state index contributed by atoms with van der Waals surface area (Å²) in [6.45, 7) is 1.36. The topological polar surface area (TPSA) is 52.6 Å². The average Bonchev–Trinajstić information content (AvgIpc) is 2.55. The van der Waals surface area contributed by atoms with Crippen molar-refractivity contribution in [3.05, 3.63) is 35.1 Å². The van der Waals surface area contributed by atoms with Crippen LogP contribution in [-0.2, 0) is 31.9 Å². The number of fused-ring (bicyclic) bond motifs is 1. The molecule has 0 aromatic heterocycles. The number of esters is 2. The van der Waals surface area contributed by atoms with E-state index in [1.54, 1.807) is 6.07 Å². The van der Waals surface area contributed by atoms with Gasteiger partial charge in [-0.2, -0.15) is 0 Å². The Hall–Kier alpha value is -1.91. The Balaban J connectivity index is 0.000000463. The molecule has 1 unspecified atom stereocenters. The third-order valence-corrected chi connectivity index (χ3v) is 4.04. The molecule has 5 heteroatoms. The molecule has 0 saturated heterocycles. The van der Waals surface area contributed by atoms with Gasteiger partial charge in [-0.1, -0.05) is 12.1 Å². The first kappa shape index (κ1) is 19.1. The van der Waals surface area contributed by atoms with Gasteiger partial charge < -0.3 is 9.47 Å². The first-order chi connectivity index (χ1) is 11.0. The van der Waals surface area contributed by atoms with Gasteiger partial charge in [0.1, 0.15) is 5.82 Å². The Bertz CT molecular complexity index is 528. The largest absolute Gasteiger partial charge is 0.469 e. The van der Waals surface area contributed by atoms with Crippen LogP contribution in [0, 0.1) is 11.7 Å². The standard InChI is InChI=1S/C15H19FO2.C3H6O2/c1-18-15(17)7-2-4-11-8-9-13-12(10-11)5-3-6-14(13)16;1-3(4)5-2/h3,5-6,11H,2,4,7-10H2,1H3;1-2H3. The van der Waals surface area contributed by atoms with Crippen molar-refractivity contribution < 1.29 is 23.5 Å². The van der Waals surface area contributed by atoms with Gasteiger partial charge in [0.15, 0.2) is 0 Å². The molecule has 1 atom stereocenters. The van der Waals surface area contributed by atoms with Crippen LogP contribution in [0.4, 0.5) is 4.39 Å². The van der Waals surface area contributed by atoms with Crippen LogP contribution < -0.4 is 0 Å². The number of carbonyl (C=O) groups is 2. The van der Waals surface area contributed by atoms with E-state index in [2.05, 4.69) is 9.47 Å². The minimum absolute atomic E-state index is 0.0690. The summed E-state index contributed by atoms with van der Waals surface area (Å²) >= 11 is 0. The molecule has 1 aromatic carbocycles. The molecular formula is C18H25FO4. The van der Waals surface area contributed by atoms with Crippen molar-refractivity contribution in [1.82, 2.24) is 0 Å². The smallest absolute Gasteiger partial charge is 0.305 e. The monoisotopic (exact) mass is 324 g/mol. The number of hydrogen-bond acceptors (Lipinski definition) is 4. The van der Waals surface area contributed by atoms with Gasteiger partial charge in [0, 0.05) is 13.3 Å². The molecule has 0 amide bonds. The number of methoxy groups -OCH3 is 2. The van der Waals surface area contributed by atoms with Gasteiger partial charge in [0.25, 0.3) is 0 Å². The van der Waals surface area contributed by atoms with E-state index in [1.165, 1.54) is 27.2 Å². The summed E-state index contributed by atoms with van der Waals surface area (Å²) in [6.07, 6.45) is 5.16. The van der Waals surface area contributed by atoms with Crippen LogP contribution in [-0.4, -0.2) is 26.2 Å². The van der Waals surface area contributed by atoms with Gasteiger partial charge in [0.2, 0.25) is 0 Å². The van der Waals surface area contributed by atoms with Crippen molar-refractivity contribution in [3.8, 4) is 0 Å². The van der Waals surface area contributed by atoms with Crippen molar-refractivity contribution >= 4 is 11.9 Å². The molecule has 0 spiro atoms. The molecule has 1 aromatic rings. The van der Waals surface area contributed by atoms with E-state index in [9.17, 15) is 14.0 Å². The molecule has 0 aliphatic heterocycles. The third kappa shape index (κ3) is 6.80. The molecule has 0 bridgehead atoms. The molecule has 23 heavy (non-hydrogen) atoms. The fraction of sp³-hybridized carbons (Fsp3) is 0.556. The Kier molecular flexibility index (Phi) is 8.30. The summed E-state index contributed by atoms with van der Waals surface area (Å²) in [5.41, 5.74) is 2.03. The lowest BCUT2D eigenvalue weighted by atomic mass is 9.81. The Labute approximate surface area is 137 Å². The number of hydrogen-bond donors (Lipinski definition) is 0. The van der Waals surface area contributed by atoms with Crippen LogP contribution >= 0.6 is 0 Å².